The molecule has 1 atom stereocenters. The van der Waals surface area contributed by atoms with Gasteiger partial charge in [0.15, 0.2) is 0 Å². The molecule has 0 radical (unpaired) electrons. The zero-order valence-corrected chi connectivity index (χ0v) is 14.5. The Morgan fingerprint density at radius 2 is 1.88 bits per heavy atom. The molecule has 2 aliphatic rings. The highest BCUT2D eigenvalue weighted by molar-refractivity contribution is 6.37. The van der Waals surface area contributed by atoms with Gasteiger partial charge in [-0.3, -0.25) is 4.79 Å². The van der Waals surface area contributed by atoms with E-state index in [1.165, 1.54) is 0 Å². The number of halogens is 2. The number of fused-ring (bicyclic) bond motifs is 3. The van der Waals surface area contributed by atoms with Crippen molar-refractivity contribution >= 4 is 40.4 Å². The van der Waals surface area contributed by atoms with Gasteiger partial charge in [0.25, 0.3) is 5.91 Å². The van der Waals surface area contributed by atoms with E-state index in [4.69, 9.17) is 23.2 Å². The zero-order valence-electron chi connectivity index (χ0n) is 13.0. The molecule has 0 aromatic heterocycles. The van der Waals surface area contributed by atoms with Gasteiger partial charge < -0.3 is 4.90 Å². The molecular formula is C19H14Cl2N2O. The number of rotatable bonds is 1. The molecule has 0 saturated heterocycles. The van der Waals surface area contributed by atoms with Crippen molar-refractivity contribution in [2.75, 3.05) is 13.6 Å². The van der Waals surface area contributed by atoms with E-state index in [0.717, 1.165) is 22.3 Å². The molecule has 0 fully saturated rings. The smallest absolute Gasteiger partial charge is 0.255 e. The summed E-state index contributed by atoms with van der Waals surface area (Å²) in [5.41, 5.74) is 4.14. The topological polar surface area (TPSA) is 32.7 Å². The lowest BCUT2D eigenvalue weighted by atomic mass is 9.90. The van der Waals surface area contributed by atoms with E-state index >= 15 is 0 Å². The third-order valence-electron chi connectivity index (χ3n) is 4.40. The number of carbonyl (C=O) groups is 1. The van der Waals surface area contributed by atoms with Gasteiger partial charge in [0.1, 0.15) is 0 Å². The largest absolute Gasteiger partial charge is 0.379 e. The van der Waals surface area contributed by atoms with Crippen LogP contribution >= 0.6 is 23.2 Å². The molecule has 0 spiro atoms. The number of carbonyl (C=O) groups excluding carboxylic acids is 1. The molecule has 3 nitrogen and oxygen atoms in total. The lowest BCUT2D eigenvalue weighted by Crippen LogP contribution is -2.20. The second-order valence-corrected chi connectivity index (χ2v) is 6.89. The van der Waals surface area contributed by atoms with Crippen LogP contribution in [0.1, 0.15) is 16.7 Å². The molecule has 2 aromatic rings. The Morgan fingerprint density at radius 3 is 2.67 bits per heavy atom. The van der Waals surface area contributed by atoms with Crippen LogP contribution in [0, 0.1) is 5.92 Å². The maximum atomic E-state index is 12.8. The van der Waals surface area contributed by atoms with Gasteiger partial charge in [-0.15, -0.1) is 0 Å². The van der Waals surface area contributed by atoms with E-state index in [1.807, 2.05) is 54.5 Å². The first-order valence-electron chi connectivity index (χ1n) is 7.64. The van der Waals surface area contributed by atoms with Gasteiger partial charge in [0.2, 0.25) is 0 Å². The number of aliphatic imine (C=N–C) groups is 1. The van der Waals surface area contributed by atoms with Crippen LogP contribution in [0.3, 0.4) is 0 Å². The monoisotopic (exact) mass is 356 g/mol. The molecule has 120 valence electrons. The summed E-state index contributed by atoms with van der Waals surface area (Å²) in [4.78, 5) is 19.2. The van der Waals surface area contributed by atoms with Crippen molar-refractivity contribution in [2.45, 2.75) is 0 Å². The van der Waals surface area contributed by atoms with Gasteiger partial charge in [-0.25, -0.2) is 4.99 Å². The summed E-state index contributed by atoms with van der Waals surface area (Å²) in [6.45, 7) is 0.634. The molecular weight excluding hydrogens is 343 g/mol. The second-order valence-electron chi connectivity index (χ2n) is 6.05. The molecule has 1 unspecified atom stereocenters. The standard InChI is InChI=1S/C19H14Cl2N2O/c1-23-9-15-12-7-6-11(20)8-14(12)18(22-19(24)16(15)10-23)13-4-2-3-5-17(13)21/h2-9,16H,10H2,1H3. The fraction of sp³-hybridized carbons (Fsp3) is 0.158. The van der Waals surface area contributed by atoms with E-state index in [2.05, 4.69) is 4.99 Å². The minimum absolute atomic E-state index is 0.146. The molecule has 2 heterocycles. The SMILES string of the molecule is CN1C=C2c3ccc(Cl)cc3C(c3ccccc3Cl)=NC(=O)C2C1. The summed E-state index contributed by atoms with van der Waals surface area (Å²) in [7, 11) is 1.96. The number of hydrogen-bond acceptors (Lipinski definition) is 2. The second kappa shape index (κ2) is 5.76. The van der Waals surface area contributed by atoms with Gasteiger partial charge in [-0.2, -0.15) is 0 Å². The van der Waals surface area contributed by atoms with Crippen molar-refractivity contribution in [2.24, 2.45) is 10.9 Å². The van der Waals surface area contributed by atoms with Crippen LogP contribution in [-0.4, -0.2) is 30.1 Å². The lowest BCUT2D eigenvalue weighted by Gasteiger charge is -2.12. The average molecular weight is 357 g/mol. The molecule has 0 bridgehead atoms. The Morgan fingerprint density at radius 1 is 1.08 bits per heavy atom. The predicted molar refractivity (Wildman–Crippen MR) is 97.6 cm³/mol. The van der Waals surface area contributed by atoms with Crippen LogP contribution in [0.2, 0.25) is 10.0 Å². The van der Waals surface area contributed by atoms with E-state index in [-0.39, 0.29) is 11.8 Å². The van der Waals surface area contributed by atoms with E-state index in [1.54, 1.807) is 6.07 Å². The quantitative estimate of drug-likeness (QED) is 0.764. The molecule has 0 N–H and O–H groups in total. The summed E-state index contributed by atoms with van der Waals surface area (Å²) in [6, 6.07) is 13.1. The highest BCUT2D eigenvalue weighted by Crippen LogP contribution is 2.38. The molecule has 2 aliphatic heterocycles. The average Bonchev–Trinajstić information content (AvgIpc) is 2.90. The van der Waals surface area contributed by atoms with Gasteiger partial charge in [-0.05, 0) is 29.3 Å². The molecule has 24 heavy (non-hydrogen) atoms. The Hall–Kier alpha value is -2.10. The summed E-state index contributed by atoms with van der Waals surface area (Å²) >= 11 is 12.6. The van der Waals surface area contributed by atoms with E-state index < -0.39 is 0 Å². The minimum atomic E-state index is -0.255. The fourth-order valence-corrected chi connectivity index (χ4v) is 3.70. The molecule has 5 heteroatoms. The van der Waals surface area contributed by atoms with Gasteiger partial charge >= 0.3 is 0 Å². The normalized spacial score (nSPS) is 19.4. The molecule has 0 saturated carbocycles. The van der Waals surface area contributed by atoms with Gasteiger partial charge in [0.05, 0.1) is 11.6 Å². The molecule has 4 rings (SSSR count). The maximum Gasteiger partial charge on any atom is 0.255 e. The Labute approximate surface area is 150 Å². The van der Waals surface area contributed by atoms with Crippen molar-refractivity contribution < 1.29 is 4.79 Å². The van der Waals surface area contributed by atoms with Crippen LogP contribution in [-0.2, 0) is 4.79 Å². The van der Waals surface area contributed by atoms with Crippen LogP contribution < -0.4 is 0 Å². The van der Waals surface area contributed by atoms with Crippen molar-refractivity contribution in [3.05, 3.63) is 75.4 Å². The van der Waals surface area contributed by atoms with Crippen LogP contribution in [0.25, 0.3) is 5.57 Å². The summed E-state index contributed by atoms with van der Waals surface area (Å²) in [5.74, 6) is -0.400. The maximum absolute atomic E-state index is 12.8. The van der Waals surface area contributed by atoms with Crippen molar-refractivity contribution in [3.63, 3.8) is 0 Å². The lowest BCUT2D eigenvalue weighted by molar-refractivity contribution is -0.119. The summed E-state index contributed by atoms with van der Waals surface area (Å²) in [5, 5.41) is 1.17. The van der Waals surface area contributed by atoms with Crippen LogP contribution in [0.5, 0.6) is 0 Å². The van der Waals surface area contributed by atoms with Crippen molar-refractivity contribution in [1.82, 2.24) is 4.90 Å². The molecule has 2 aromatic carbocycles. The summed E-state index contributed by atoms with van der Waals surface area (Å²) < 4.78 is 0. The fourth-order valence-electron chi connectivity index (χ4n) is 3.31. The van der Waals surface area contributed by atoms with E-state index in [9.17, 15) is 4.79 Å². The molecule has 0 aliphatic carbocycles. The van der Waals surface area contributed by atoms with Crippen molar-refractivity contribution in [1.29, 1.82) is 0 Å². The third kappa shape index (κ3) is 2.45. The summed E-state index contributed by atoms with van der Waals surface area (Å²) in [6.07, 6.45) is 2.01. The van der Waals surface area contributed by atoms with Crippen LogP contribution in [0.4, 0.5) is 0 Å². The Bertz CT molecular complexity index is 917. The number of hydrogen-bond donors (Lipinski definition) is 0. The van der Waals surface area contributed by atoms with Crippen molar-refractivity contribution in [3.8, 4) is 0 Å². The Kier molecular flexibility index (Phi) is 3.70. The van der Waals surface area contributed by atoms with Gasteiger partial charge in [-0.1, -0.05) is 47.5 Å². The predicted octanol–water partition coefficient (Wildman–Crippen LogP) is 4.27. The van der Waals surface area contributed by atoms with Gasteiger partial charge in [0, 0.05) is 41.0 Å². The molecule has 1 amide bonds. The van der Waals surface area contributed by atoms with Crippen LogP contribution in [0.15, 0.2) is 53.7 Å². The van der Waals surface area contributed by atoms with E-state index in [0.29, 0.717) is 22.3 Å². The first kappa shape index (κ1) is 15.4. The Balaban J connectivity index is 2.01. The highest BCUT2D eigenvalue weighted by Gasteiger charge is 2.35. The third-order valence-corrected chi connectivity index (χ3v) is 4.97. The number of benzene rings is 2. The minimum Gasteiger partial charge on any atom is -0.379 e. The zero-order chi connectivity index (χ0) is 16.8. The number of amides is 1. The number of nitrogens with zero attached hydrogens (tertiary/aromatic N) is 2. The highest BCUT2D eigenvalue weighted by atomic mass is 35.5. The first-order chi connectivity index (χ1) is 11.5. The first-order valence-corrected chi connectivity index (χ1v) is 8.40.